The average molecular weight is 169 g/mol. The highest BCUT2D eigenvalue weighted by molar-refractivity contribution is 4.96. The minimum Gasteiger partial charge on any atom is -0.388 e. The lowest BCUT2D eigenvalue weighted by Crippen LogP contribution is -2.44. The molecule has 0 saturated carbocycles. The first-order chi connectivity index (χ1) is 5.50. The summed E-state index contributed by atoms with van der Waals surface area (Å²) in [6.45, 7) is 8.37. The van der Waals surface area contributed by atoms with Crippen LogP contribution >= 0.6 is 0 Å². The van der Waals surface area contributed by atoms with Crippen LogP contribution in [0.1, 0.15) is 27.2 Å². The van der Waals surface area contributed by atoms with Crippen molar-refractivity contribution in [2.75, 3.05) is 13.1 Å². The third-order valence-corrected chi connectivity index (χ3v) is 2.28. The van der Waals surface area contributed by atoms with Crippen molar-refractivity contribution in [2.45, 2.75) is 38.8 Å². The lowest BCUT2D eigenvalue weighted by atomic mass is 10.1. The number of nitrogens with zero attached hydrogens (tertiary/aromatic N) is 1. The molecule has 0 radical (unpaired) electrons. The van der Waals surface area contributed by atoms with Crippen molar-refractivity contribution < 1.29 is 5.11 Å². The van der Waals surface area contributed by atoms with Crippen molar-refractivity contribution >= 4 is 0 Å². The van der Waals surface area contributed by atoms with E-state index in [1.54, 1.807) is 0 Å². The molecule has 1 aliphatic heterocycles. The maximum Gasteiger partial charge on any atom is 0.0848 e. The lowest BCUT2D eigenvalue weighted by molar-refractivity contribution is 0.0855. The van der Waals surface area contributed by atoms with Crippen LogP contribution in [0.4, 0.5) is 0 Å². The number of hydrogen-bond acceptors (Lipinski definition) is 2. The molecule has 1 heterocycles. The van der Waals surface area contributed by atoms with Gasteiger partial charge in [-0.25, -0.2) is 0 Å². The van der Waals surface area contributed by atoms with E-state index in [1.165, 1.54) is 0 Å². The Kier molecular flexibility index (Phi) is 2.91. The number of aliphatic hydroxyl groups is 1. The summed E-state index contributed by atoms with van der Waals surface area (Å²) < 4.78 is 0. The van der Waals surface area contributed by atoms with Crippen LogP contribution in [0.2, 0.25) is 0 Å². The van der Waals surface area contributed by atoms with Crippen molar-refractivity contribution in [1.29, 1.82) is 0 Å². The van der Waals surface area contributed by atoms with Gasteiger partial charge in [0.05, 0.1) is 6.10 Å². The zero-order chi connectivity index (χ0) is 9.19. The summed E-state index contributed by atoms with van der Waals surface area (Å²) in [5.74, 6) is 0. The fraction of sp³-hybridized carbons (Fsp3) is 0.800. The van der Waals surface area contributed by atoms with E-state index in [-0.39, 0.29) is 11.6 Å². The largest absolute Gasteiger partial charge is 0.388 e. The van der Waals surface area contributed by atoms with Gasteiger partial charge in [-0.2, -0.15) is 0 Å². The first-order valence-corrected chi connectivity index (χ1v) is 4.60. The lowest BCUT2D eigenvalue weighted by Gasteiger charge is -2.35. The van der Waals surface area contributed by atoms with Gasteiger partial charge in [0.2, 0.25) is 0 Å². The highest BCUT2D eigenvalue weighted by Gasteiger charge is 2.23. The molecule has 2 heteroatoms. The zero-order valence-electron chi connectivity index (χ0n) is 8.25. The molecule has 0 aromatic carbocycles. The molecule has 0 fully saturated rings. The maximum absolute atomic E-state index is 9.49. The van der Waals surface area contributed by atoms with Gasteiger partial charge in [-0.3, -0.25) is 4.90 Å². The van der Waals surface area contributed by atoms with Gasteiger partial charge in [-0.1, -0.05) is 12.2 Å². The van der Waals surface area contributed by atoms with Gasteiger partial charge in [0.1, 0.15) is 0 Å². The third-order valence-electron chi connectivity index (χ3n) is 2.28. The molecule has 0 unspecified atom stereocenters. The molecule has 2 nitrogen and oxygen atoms in total. The van der Waals surface area contributed by atoms with Crippen molar-refractivity contribution in [1.82, 2.24) is 4.90 Å². The number of β-amino-alcohol motifs (C(OH)–C–C–N with tert-alkyl or cyclic N) is 1. The van der Waals surface area contributed by atoms with Crippen LogP contribution in [-0.2, 0) is 0 Å². The van der Waals surface area contributed by atoms with Crippen molar-refractivity contribution in [3.63, 3.8) is 0 Å². The minimum atomic E-state index is -0.285. The Morgan fingerprint density at radius 1 is 1.42 bits per heavy atom. The van der Waals surface area contributed by atoms with Crippen molar-refractivity contribution in [2.24, 2.45) is 0 Å². The molecule has 1 aliphatic rings. The summed E-state index contributed by atoms with van der Waals surface area (Å²) in [6, 6.07) is 0. The van der Waals surface area contributed by atoms with Crippen LogP contribution < -0.4 is 0 Å². The molecule has 0 amide bonds. The molecular weight excluding hydrogens is 150 g/mol. The quantitative estimate of drug-likeness (QED) is 0.554. The topological polar surface area (TPSA) is 23.5 Å². The van der Waals surface area contributed by atoms with Crippen molar-refractivity contribution in [3.05, 3.63) is 12.2 Å². The highest BCUT2D eigenvalue weighted by atomic mass is 16.3. The van der Waals surface area contributed by atoms with Gasteiger partial charge in [-0.15, -0.1) is 0 Å². The first-order valence-electron chi connectivity index (χ1n) is 4.60. The van der Waals surface area contributed by atoms with Gasteiger partial charge in [0.25, 0.3) is 0 Å². The second kappa shape index (κ2) is 3.58. The van der Waals surface area contributed by atoms with E-state index < -0.39 is 0 Å². The van der Waals surface area contributed by atoms with E-state index in [9.17, 15) is 5.11 Å². The minimum absolute atomic E-state index is 0.174. The summed E-state index contributed by atoms with van der Waals surface area (Å²) in [7, 11) is 0. The normalized spacial score (nSPS) is 27.2. The fourth-order valence-corrected chi connectivity index (χ4v) is 1.47. The second-order valence-corrected chi connectivity index (χ2v) is 4.40. The van der Waals surface area contributed by atoms with Gasteiger partial charge < -0.3 is 5.11 Å². The number of aliphatic hydroxyl groups excluding tert-OH is 1. The molecule has 1 N–H and O–H groups in total. The molecule has 0 aromatic heterocycles. The molecule has 1 rings (SSSR count). The third kappa shape index (κ3) is 2.61. The van der Waals surface area contributed by atoms with Crippen LogP contribution in [0.25, 0.3) is 0 Å². The Bertz CT molecular complexity index is 169. The van der Waals surface area contributed by atoms with E-state index >= 15 is 0 Å². The number of rotatable bonds is 0. The second-order valence-electron chi connectivity index (χ2n) is 4.40. The summed E-state index contributed by atoms with van der Waals surface area (Å²) in [4.78, 5) is 2.32. The van der Waals surface area contributed by atoms with Gasteiger partial charge >= 0.3 is 0 Å². The van der Waals surface area contributed by atoms with E-state index in [0.29, 0.717) is 0 Å². The van der Waals surface area contributed by atoms with E-state index in [2.05, 4.69) is 31.7 Å². The maximum atomic E-state index is 9.49. The van der Waals surface area contributed by atoms with E-state index in [1.807, 2.05) is 6.08 Å². The smallest absolute Gasteiger partial charge is 0.0848 e. The molecule has 0 spiro atoms. The molecule has 1 atom stereocenters. The SMILES string of the molecule is CC(C)(C)N1CCC=C[C@H](O)C1. The van der Waals surface area contributed by atoms with Crippen LogP contribution in [-0.4, -0.2) is 34.7 Å². The van der Waals surface area contributed by atoms with E-state index in [4.69, 9.17) is 0 Å². The fourth-order valence-electron chi connectivity index (χ4n) is 1.47. The molecule has 0 aromatic rings. The van der Waals surface area contributed by atoms with Crippen LogP contribution in [0, 0.1) is 0 Å². The van der Waals surface area contributed by atoms with Gasteiger partial charge in [-0.05, 0) is 27.2 Å². The summed E-state index contributed by atoms with van der Waals surface area (Å²) >= 11 is 0. The Hall–Kier alpha value is -0.340. The Labute approximate surface area is 74.9 Å². The molecule has 0 saturated heterocycles. The first kappa shape index (κ1) is 9.75. The summed E-state index contributed by atoms with van der Waals surface area (Å²) in [5.41, 5.74) is 0.174. The van der Waals surface area contributed by atoms with E-state index in [0.717, 1.165) is 19.5 Å². The van der Waals surface area contributed by atoms with Gasteiger partial charge in [0, 0.05) is 18.6 Å². The van der Waals surface area contributed by atoms with Crippen molar-refractivity contribution in [3.8, 4) is 0 Å². The predicted molar refractivity (Wildman–Crippen MR) is 51.1 cm³/mol. The highest BCUT2D eigenvalue weighted by Crippen LogP contribution is 2.16. The Morgan fingerprint density at radius 2 is 2.08 bits per heavy atom. The molecule has 0 aliphatic carbocycles. The molecule has 0 bridgehead atoms. The predicted octanol–water partition coefficient (Wildman–Crippen LogP) is 1.41. The Balaban J connectivity index is 2.57. The summed E-state index contributed by atoms with van der Waals surface area (Å²) in [5, 5.41) is 9.49. The average Bonchev–Trinajstić information content (AvgIpc) is 2.11. The van der Waals surface area contributed by atoms with Crippen LogP contribution in [0.15, 0.2) is 12.2 Å². The zero-order valence-corrected chi connectivity index (χ0v) is 8.25. The van der Waals surface area contributed by atoms with Crippen LogP contribution in [0.3, 0.4) is 0 Å². The molecule has 70 valence electrons. The molecular formula is C10H19NO. The summed E-state index contributed by atoms with van der Waals surface area (Å²) in [6.07, 6.45) is 4.72. The number of hydrogen-bond donors (Lipinski definition) is 1. The standard InChI is InChI=1S/C10H19NO/c1-10(2,3)11-7-5-4-6-9(12)8-11/h4,6,9,12H,5,7-8H2,1-3H3/t9-/m0/s1. The monoisotopic (exact) mass is 169 g/mol. The van der Waals surface area contributed by atoms with Crippen LogP contribution in [0.5, 0.6) is 0 Å². The Morgan fingerprint density at radius 3 is 2.67 bits per heavy atom. The van der Waals surface area contributed by atoms with Gasteiger partial charge in [0.15, 0.2) is 0 Å². The molecule has 12 heavy (non-hydrogen) atoms.